The van der Waals surface area contributed by atoms with E-state index < -0.39 is 18.0 Å². The molecule has 0 spiro atoms. The van der Waals surface area contributed by atoms with E-state index in [1.807, 2.05) is 0 Å². The fraction of sp³-hybridized carbons (Fsp3) is 0.533. The second-order valence-corrected chi connectivity index (χ2v) is 5.93. The van der Waals surface area contributed by atoms with E-state index >= 15 is 0 Å². The van der Waals surface area contributed by atoms with Crippen molar-refractivity contribution in [1.82, 2.24) is 19.5 Å². The summed E-state index contributed by atoms with van der Waals surface area (Å²) in [5.74, 6) is 0.450. The van der Waals surface area contributed by atoms with Gasteiger partial charge in [0.1, 0.15) is 17.6 Å². The van der Waals surface area contributed by atoms with Crippen LogP contribution in [0.4, 0.5) is 19.1 Å². The fourth-order valence-electron chi connectivity index (χ4n) is 2.98. The number of aliphatic hydroxyl groups is 1. The van der Waals surface area contributed by atoms with E-state index in [4.69, 9.17) is 0 Å². The summed E-state index contributed by atoms with van der Waals surface area (Å²) in [5.41, 5.74) is -0.959. The summed E-state index contributed by atoms with van der Waals surface area (Å²) in [5, 5.41) is 10.5. The molecule has 2 atom stereocenters. The minimum absolute atomic E-state index is 0.0431. The van der Waals surface area contributed by atoms with Crippen molar-refractivity contribution in [2.75, 3.05) is 18.0 Å². The summed E-state index contributed by atoms with van der Waals surface area (Å²) < 4.78 is 40.2. The number of imidazole rings is 1. The van der Waals surface area contributed by atoms with E-state index in [-0.39, 0.29) is 11.9 Å². The number of rotatable bonds is 3. The van der Waals surface area contributed by atoms with Gasteiger partial charge in [-0.15, -0.1) is 0 Å². The molecule has 0 saturated carbocycles. The highest BCUT2D eigenvalue weighted by molar-refractivity contribution is 5.32. The maximum atomic E-state index is 12.8. The van der Waals surface area contributed by atoms with Crippen molar-refractivity contribution in [2.24, 2.45) is 13.0 Å². The maximum absolute atomic E-state index is 12.8. The standard InChI is InChI=1S/C15H18F3N5O/c1-22-8-6-19-13(22)12(24)10-3-2-7-23(9-10)14-20-5-4-11(21-14)15(16,17)18/h4-6,8,10,12,24H,2-3,7,9H2,1H3. The lowest BCUT2D eigenvalue weighted by Gasteiger charge is -2.35. The Hall–Kier alpha value is -2.16. The molecular weight excluding hydrogens is 323 g/mol. The molecule has 9 heteroatoms. The summed E-state index contributed by atoms with van der Waals surface area (Å²) in [7, 11) is 1.79. The first-order valence-electron chi connectivity index (χ1n) is 7.66. The van der Waals surface area contributed by atoms with Crippen LogP contribution < -0.4 is 4.90 Å². The molecule has 1 N–H and O–H groups in total. The number of hydrogen-bond acceptors (Lipinski definition) is 5. The first kappa shape index (κ1) is 16.7. The predicted octanol–water partition coefficient (Wildman–Crippen LogP) is 2.18. The first-order valence-corrected chi connectivity index (χ1v) is 7.66. The zero-order valence-electron chi connectivity index (χ0n) is 13.1. The smallest absolute Gasteiger partial charge is 0.385 e. The summed E-state index contributed by atoms with van der Waals surface area (Å²) in [6, 6.07) is 0.855. The molecule has 0 aromatic carbocycles. The van der Waals surface area contributed by atoms with Crippen LogP contribution in [-0.2, 0) is 13.2 Å². The van der Waals surface area contributed by atoms with Crippen molar-refractivity contribution >= 4 is 5.95 Å². The molecule has 0 aliphatic carbocycles. The molecule has 1 aliphatic heterocycles. The zero-order chi connectivity index (χ0) is 17.3. The quantitative estimate of drug-likeness (QED) is 0.927. The molecule has 24 heavy (non-hydrogen) atoms. The number of aryl methyl sites for hydroxylation is 1. The molecule has 1 fully saturated rings. The lowest BCUT2D eigenvalue weighted by molar-refractivity contribution is -0.141. The second-order valence-electron chi connectivity index (χ2n) is 5.93. The molecule has 1 aliphatic rings. The predicted molar refractivity (Wildman–Crippen MR) is 80.1 cm³/mol. The third kappa shape index (κ3) is 3.35. The SMILES string of the molecule is Cn1ccnc1C(O)C1CCCN(c2nccc(C(F)(F)F)n2)C1. The average Bonchev–Trinajstić information content (AvgIpc) is 3.00. The van der Waals surface area contributed by atoms with E-state index in [2.05, 4.69) is 15.0 Å². The van der Waals surface area contributed by atoms with Crippen LogP contribution in [0.1, 0.15) is 30.5 Å². The number of alkyl halides is 3. The number of nitrogens with zero attached hydrogens (tertiary/aromatic N) is 5. The Balaban J connectivity index is 1.78. The van der Waals surface area contributed by atoms with Gasteiger partial charge in [0.05, 0.1) is 0 Å². The number of anilines is 1. The molecule has 2 aromatic heterocycles. The summed E-state index contributed by atoms with van der Waals surface area (Å²) in [6.07, 6.45) is 0.696. The summed E-state index contributed by atoms with van der Waals surface area (Å²) in [4.78, 5) is 13.4. The highest BCUT2D eigenvalue weighted by atomic mass is 19.4. The van der Waals surface area contributed by atoms with Crippen molar-refractivity contribution in [3.63, 3.8) is 0 Å². The fourth-order valence-corrected chi connectivity index (χ4v) is 2.98. The second kappa shape index (κ2) is 6.39. The molecule has 6 nitrogen and oxygen atoms in total. The van der Waals surface area contributed by atoms with E-state index in [1.165, 1.54) is 0 Å². The molecule has 2 aromatic rings. The van der Waals surface area contributed by atoms with Gasteiger partial charge in [0.15, 0.2) is 0 Å². The number of piperidine rings is 1. The van der Waals surface area contributed by atoms with Gasteiger partial charge in [-0.1, -0.05) is 0 Å². The topological polar surface area (TPSA) is 67.1 Å². The number of aliphatic hydroxyl groups excluding tert-OH is 1. The largest absolute Gasteiger partial charge is 0.433 e. The molecule has 0 bridgehead atoms. The van der Waals surface area contributed by atoms with Crippen LogP contribution in [0, 0.1) is 5.92 Å². The third-order valence-electron chi connectivity index (χ3n) is 4.24. The van der Waals surface area contributed by atoms with Crippen LogP contribution in [0.15, 0.2) is 24.7 Å². The number of halogens is 3. The Morgan fingerprint density at radius 2 is 2.08 bits per heavy atom. The van der Waals surface area contributed by atoms with Crippen molar-refractivity contribution < 1.29 is 18.3 Å². The zero-order valence-corrected chi connectivity index (χ0v) is 13.1. The number of aromatic nitrogens is 4. The van der Waals surface area contributed by atoms with Gasteiger partial charge < -0.3 is 14.6 Å². The van der Waals surface area contributed by atoms with Crippen molar-refractivity contribution in [3.8, 4) is 0 Å². The van der Waals surface area contributed by atoms with Gasteiger partial charge in [0.2, 0.25) is 5.95 Å². The normalized spacial score (nSPS) is 20.2. The summed E-state index contributed by atoms with van der Waals surface area (Å²) in [6.45, 7) is 0.945. The monoisotopic (exact) mass is 341 g/mol. The van der Waals surface area contributed by atoms with E-state index in [0.717, 1.165) is 25.1 Å². The van der Waals surface area contributed by atoms with Crippen LogP contribution in [0.25, 0.3) is 0 Å². The van der Waals surface area contributed by atoms with Crippen molar-refractivity contribution in [1.29, 1.82) is 0 Å². The highest BCUT2D eigenvalue weighted by Gasteiger charge is 2.34. The Kier molecular flexibility index (Phi) is 4.44. The van der Waals surface area contributed by atoms with E-state index in [9.17, 15) is 18.3 Å². The molecule has 3 heterocycles. The van der Waals surface area contributed by atoms with Crippen LogP contribution in [-0.4, -0.2) is 37.7 Å². The van der Waals surface area contributed by atoms with Gasteiger partial charge in [-0.05, 0) is 18.9 Å². The van der Waals surface area contributed by atoms with Crippen LogP contribution in [0.3, 0.4) is 0 Å². The van der Waals surface area contributed by atoms with Crippen LogP contribution in [0.5, 0.6) is 0 Å². The van der Waals surface area contributed by atoms with Gasteiger partial charge in [-0.25, -0.2) is 15.0 Å². The van der Waals surface area contributed by atoms with Gasteiger partial charge in [0.25, 0.3) is 0 Å². The van der Waals surface area contributed by atoms with E-state index in [0.29, 0.717) is 18.9 Å². The van der Waals surface area contributed by atoms with Crippen LogP contribution in [0.2, 0.25) is 0 Å². The molecule has 0 amide bonds. The van der Waals surface area contributed by atoms with Gasteiger partial charge in [-0.2, -0.15) is 13.2 Å². The van der Waals surface area contributed by atoms with Crippen LogP contribution >= 0.6 is 0 Å². The average molecular weight is 341 g/mol. The Morgan fingerprint density at radius 3 is 2.75 bits per heavy atom. The van der Waals surface area contributed by atoms with Crippen molar-refractivity contribution in [2.45, 2.75) is 25.1 Å². The molecule has 130 valence electrons. The minimum Gasteiger partial charge on any atom is -0.385 e. The minimum atomic E-state index is -4.50. The molecule has 2 unspecified atom stereocenters. The molecular formula is C15H18F3N5O. The Bertz CT molecular complexity index is 702. The molecule has 3 rings (SSSR count). The Morgan fingerprint density at radius 1 is 1.29 bits per heavy atom. The lowest BCUT2D eigenvalue weighted by Crippen LogP contribution is -2.39. The Labute approximate surface area is 137 Å². The molecule has 0 radical (unpaired) electrons. The first-order chi connectivity index (χ1) is 11.4. The number of hydrogen-bond donors (Lipinski definition) is 1. The van der Waals surface area contributed by atoms with Gasteiger partial charge in [0, 0.05) is 44.6 Å². The highest BCUT2D eigenvalue weighted by Crippen LogP contribution is 2.32. The summed E-state index contributed by atoms with van der Waals surface area (Å²) >= 11 is 0. The third-order valence-corrected chi connectivity index (χ3v) is 4.24. The van der Waals surface area contributed by atoms with E-state index in [1.54, 1.807) is 28.9 Å². The van der Waals surface area contributed by atoms with Crippen molar-refractivity contribution in [3.05, 3.63) is 36.2 Å². The van der Waals surface area contributed by atoms with Gasteiger partial charge in [-0.3, -0.25) is 0 Å². The lowest BCUT2D eigenvalue weighted by atomic mass is 9.92. The maximum Gasteiger partial charge on any atom is 0.433 e. The van der Waals surface area contributed by atoms with Gasteiger partial charge >= 0.3 is 6.18 Å². The molecule has 1 saturated heterocycles.